The number of likely N-dealkylation sites (N-methyl/N-ethyl adjacent to an activating group) is 1. The van der Waals surface area contributed by atoms with Gasteiger partial charge < -0.3 is 28.6 Å². The second-order valence-corrected chi connectivity index (χ2v) is 11.3. The van der Waals surface area contributed by atoms with Crippen LogP contribution in [-0.2, 0) is 28.6 Å². The third-order valence-corrected chi connectivity index (χ3v) is 6.48. The lowest BCUT2D eigenvalue weighted by atomic mass is 10.1. The predicted octanol–water partition coefficient (Wildman–Crippen LogP) is 5.62. The molecule has 0 aromatic heterocycles. The molecule has 240 valence electrons. The number of allylic oxidation sites excluding steroid dienone is 7. The van der Waals surface area contributed by atoms with Crippen LogP contribution in [0.4, 0.5) is 0 Å². The molecule has 2 unspecified atom stereocenters. The van der Waals surface area contributed by atoms with Crippen LogP contribution in [0.25, 0.3) is 0 Å². The third kappa shape index (κ3) is 23.9. The van der Waals surface area contributed by atoms with Crippen molar-refractivity contribution in [2.45, 2.75) is 109 Å². The molecule has 0 aliphatic rings. The molecule has 0 aromatic rings. The van der Waals surface area contributed by atoms with Crippen molar-refractivity contribution < 1.29 is 38.2 Å². The summed E-state index contributed by atoms with van der Waals surface area (Å²) in [6.45, 7) is 4.31. The number of carboxylic acids is 1. The summed E-state index contributed by atoms with van der Waals surface area (Å²) < 4.78 is 16.8. The Morgan fingerprint density at radius 2 is 1.40 bits per heavy atom. The van der Waals surface area contributed by atoms with Crippen molar-refractivity contribution in [2.75, 3.05) is 41.0 Å². The van der Waals surface area contributed by atoms with Crippen molar-refractivity contribution in [1.82, 2.24) is 0 Å². The first kappa shape index (κ1) is 39.3. The maximum atomic E-state index is 12.5. The molecule has 0 aromatic carbocycles. The first-order chi connectivity index (χ1) is 20.1. The third-order valence-electron chi connectivity index (χ3n) is 6.48. The number of hydrogen-bond acceptors (Lipinski definition) is 7. The van der Waals surface area contributed by atoms with E-state index < -0.39 is 24.1 Å². The fourth-order valence-corrected chi connectivity index (χ4v) is 4.01. The summed E-state index contributed by atoms with van der Waals surface area (Å²) in [5.41, 5.74) is 0. The number of ether oxygens (including phenoxy) is 3. The fourth-order valence-electron chi connectivity index (χ4n) is 4.01. The molecular formula is C34H57NO7. The number of nitrogens with zero attached hydrogens (tertiary/aromatic N) is 1. The van der Waals surface area contributed by atoms with Gasteiger partial charge in [-0.15, -0.1) is 0 Å². The van der Waals surface area contributed by atoms with E-state index in [-0.39, 0.29) is 49.5 Å². The standard InChI is InChI=1S/C34H57NO7/c1-6-8-10-12-14-16-18-20-22-24-32(36)41-29-30(28-40-27-26-31(34(38)39)35(3,4)5)42-33(37)25-23-21-19-17-15-13-11-9-7-2/h8,10,14,16-17,19-20,22,30-31H,6-7,9,11-13,15,18,21,23-29H2,1-5H3/b10-8+,16-14+,19-17+,22-20+. The van der Waals surface area contributed by atoms with Crippen LogP contribution in [0.1, 0.15) is 97.3 Å². The van der Waals surface area contributed by atoms with E-state index in [2.05, 4.69) is 44.2 Å². The molecule has 0 radical (unpaired) electrons. The topological polar surface area (TPSA) is 102 Å². The molecule has 0 saturated carbocycles. The van der Waals surface area contributed by atoms with Gasteiger partial charge in [0.25, 0.3) is 0 Å². The van der Waals surface area contributed by atoms with Gasteiger partial charge in [-0.2, -0.15) is 0 Å². The van der Waals surface area contributed by atoms with E-state index in [0.717, 1.165) is 32.1 Å². The molecule has 0 amide bonds. The zero-order valence-corrected chi connectivity index (χ0v) is 26.9. The maximum Gasteiger partial charge on any atom is 0.309 e. The number of unbranched alkanes of at least 4 members (excludes halogenated alkanes) is 5. The Morgan fingerprint density at radius 3 is 2.02 bits per heavy atom. The number of carbonyl (C=O) groups excluding carboxylic acids is 3. The van der Waals surface area contributed by atoms with Crippen LogP contribution in [-0.4, -0.2) is 75.5 Å². The van der Waals surface area contributed by atoms with Crippen LogP contribution in [0, 0.1) is 0 Å². The van der Waals surface area contributed by atoms with Crippen LogP contribution in [0.5, 0.6) is 0 Å². The average molecular weight is 592 g/mol. The Morgan fingerprint density at radius 1 is 0.762 bits per heavy atom. The van der Waals surface area contributed by atoms with Gasteiger partial charge in [-0.05, 0) is 44.9 Å². The lowest BCUT2D eigenvalue weighted by Gasteiger charge is -2.34. The van der Waals surface area contributed by atoms with Gasteiger partial charge in [-0.3, -0.25) is 9.59 Å². The quantitative estimate of drug-likeness (QED) is 0.0557. The molecule has 0 fully saturated rings. The number of quaternary nitrogens is 1. The molecule has 42 heavy (non-hydrogen) atoms. The molecule has 0 aliphatic heterocycles. The Bertz CT molecular complexity index is 839. The number of esters is 2. The van der Waals surface area contributed by atoms with E-state index in [9.17, 15) is 19.5 Å². The van der Waals surface area contributed by atoms with E-state index in [4.69, 9.17) is 14.2 Å². The second kappa shape index (κ2) is 26.0. The highest BCUT2D eigenvalue weighted by Crippen LogP contribution is 2.09. The minimum absolute atomic E-state index is 0.000699. The van der Waals surface area contributed by atoms with Gasteiger partial charge >= 0.3 is 11.9 Å². The normalized spacial score (nSPS) is 13.8. The van der Waals surface area contributed by atoms with E-state index in [1.807, 2.05) is 12.2 Å². The molecule has 0 spiro atoms. The molecule has 0 rings (SSSR count). The summed E-state index contributed by atoms with van der Waals surface area (Å²) in [7, 11) is 5.34. The Hall–Kier alpha value is -2.71. The first-order valence-corrected chi connectivity index (χ1v) is 15.7. The average Bonchev–Trinajstić information content (AvgIpc) is 2.92. The highest BCUT2D eigenvalue weighted by atomic mass is 16.6. The van der Waals surface area contributed by atoms with Gasteiger partial charge in [-0.1, -0.05) is 81.7 Å². The number of carboxylic acid groups (broad SMARTS) is 1. The summed E-state index contributed by atoms with van der Waals surface area (Å²) >= 11 is 0. The predicted molar refractivity (Wildman–Crippen MR) is 166 cm³/mol. The second-order valence-electron chi connectivity index (χ2n) is 11.3. The van der Waals surface area contributed by atoms with E-state index in [1.165, 1.54) is 25.7 Å². The zero-order valence-electron chi connectivity index (χ0n) is 26.9. The van der Waals surface area contributed by atoms with Crippen LogP contribution < -0.4 is 5.11 Å². The highest BCUT2D eigenvalue weighted by molar-refractivity contribution is 5.71. The lowest BCUT2D eigenvalue weighted by molar-refractivity contribution is -0.889. The van der Waals surface area contributed by atoms with Crippen LogP contribution in [0.15, 0.2) is 48.6 Å². The Labute approximate surface area is 255 Å². The van der Waals surface area contributed by atoms with Gasteiger partial charge in [0.05, 0.1) is 46.7 Å². The maximum absolute atomic E-state index is 12.5. The lowest BCUT2D eigenvalue weighted by Crippen LogP contribution is -2.55. The molecule has 0 saturated heterocycles. The van der Waals surface area contributed by atoms with Gasteiger partial charge in [-0.25, -0.2) is 0 Å². The number of rotatable bonds is 26. The van der Waals surface area contributed by atoms with Crippen LogP contribution >= 0.6 is 0 Å². The molecule has 0 N–H and O–H groups in total. The summed E-state index contributed by atoms with van der Waals surface area (Å²) in [6, 6.07) is -0.738. The number of hydrogen-bond donors (Lipinski definition) is 0. The van der Waals surface area contributed by atoms with E-state index in [0.29, 0.717) is 6.42 Å². The van der Waals surface area contributed by atoms with Crippen molar-refractivity contribution >= 4 is 17.9 Å². The summed E-state index contributed by atoms with van der Waals surface area (Å²) in [5, 5.41) is 11.5. The number of aliphatic carboxylic acids is 1. The molecule has 8 nitrogen and oxygen atoms in total. The molecular weight excluding hydrogens is 534 g/mol. The summed E-state index contributed by atoms with van der Waals surface area (Å²) in [6.07, 6.45) is 26.2. The van der Waals surface area contributed by atoms with Gasteiger partial charge in [0.1, 0.15) is 12.6 Å². The summed E-state index contributed by atoms with van der Waals surface area (Å²) in [5.74, 6) is -1.95. The largest absolute Gasteiger partial charge is 0.544 e. The van der Waals surface area contributed by atoms with Gasteiger partial charge in [0.2, 0.25) is 0 Å². The van der Waals surface area contributed by atoms with Gasteiger partial charge in [0.15, 0.2) is 6.10 Å². The molecule has 0 aliphatic carbocycles. The Balaban J connectivity index is 4.69. The minimum Gasteiger partial charge on any atom is -0.544 e. The van der Waals surface area contributed by atoms with Gasteiger partial charge in [0, 0.05) is 12.8 Å². The zero-order chi connectivity index (χ0) is 31.5. The van der Waals surface area contributed by atoms with Crippen molar-refractivity contribution in [1.29, 1.82) is 0 Å². The van der Waals surface area contributed by atoms with Crippen molar-refractivity contribution in [3.63, 3.8) is 0 Å². The molecule has 0 heterocycles. The first-order valence-electron chi connectivity index (χ1n) is 15.7. The molecule has 0 bridgehead atoms. The molecule has 2 atom stereocenters. The van der Waals surface area contributed by atoms with E-state index in [1.54, 1.807) is 27.2 Å². The summed E-state index contributed by atoms with van der Waals surface area (Å²) in [4.78, 5) is 36.2. The van der Waals surface area contributed by atoms with Crippen LogP contribution in [0.3, 0.4) is 0 Å². The Kier molecular flexibility index (Phi) is 24.3. The number of carbonyl (C=O) groups is 3. The van der Waals surface area contributed by atoms with Crippen molar-refractivity contribution in [3.8, 4) is 0 Å². The van der Waals surface area contributed by atoms with Crippen molar-refractivity contribution in [2.24, 2.45) is 0 Å². The SMILES string of the molecule is CC/C=C/C/C=C/C/C=C/CC(=O)OCC(COCCC(C(=O)[O-])[N+](C)(C)C)OC(=O)CCC/C=C/CCCCCC. The highest BCUT2D eigenvalue weighted by Gasteiger charge is 2.25. The smallest absolute Gasteiger partial charge is 0.309 e. The van der Waals surface area contributed by atoms with E-state index >= 15 is 0 Å². The molecule has 8 heteroatoms. The van der Waals surface area contributed by atoms with Crippen molar-refractivity contribution in [3.05, 3.63) is 48.6 Å². The van der Waals surface area contributed by atoms with Crippen LogP contribution in [0.2, 0.25) is 0 Å². The monoisotopic (exact) mass is 591 g/mol. The fraction of sp³-hybridized carbons (Fsp3) is 0.676. The minimum atomic E-state index is -1.14.